The normalized spacial score (nSPS) is 10.4. The van der Waals surface area contributed by atoms with Gasteiger partial charge in [-0.1, -0.05) is 12.1 Å². The van der Waals surface area contributed by atoms with Crippen LogP contribution in [0.15, 0.2) is 24.3 Å². The summed E-state index contributed by atoms with van der Waals surface area (Å²) in [4.78, 5) is 17.7. The van der Waals surface area contributed by atoms with Crippen molar-refractivity contribution in [1.82, 2.24) is 15.3 Å². The minimum Gasteiger partial charge on any atom is -0.359 e. The van der Waals surface area contributed by atoms with Gasteiger partial charge in [0.15, 0.2) is 0 Å². The first-order valence-electron chi connectivity index (χ1n) is 5.01. The lowest BCUT2D eigenvalue weighted by molar-refractivity contribution is -0.109. The monoisotopic (exact) mass is 203 g/mol. The van der Waals surface area contributed by atoms with E-state index in [1.807, 2.05) is 24.3 Å². The number of aromatic nitrogens is 2. The Morgan fingerprint density at radius 3 is 3.07 bits per heavy atom. The SMILES string of the molecule is O=CNCCCc1nc2ccccc2[nH]1. The molecule has 0 aliphatic rings. The Morgan fingerprint density at radius 2 is 2.27 bits per heavy atom. The van der Waals surface area contributed by atoms with Crippen molar-refractivity contribution in [3.05, 3.63) is 30.1 Å². The smallest absolute Gasteiger partial charge is 0.207 e. The third-order valence-corrected chi connectivity index (χ3v) is 2.26. The number of nitrogens with one attached hydrogen (secondary N) is 2. The van der Waals surface area contributed by atoms with Gasteiger partial charge in [-0.15, -0.1) is 0 Å². The molecule has 4 nitrogen and oxygen atoms in total. The Bertz CT molecular complexity index is 417. The molecule has 1 heterocycles. The van der Waals surface area contributed by atoms with Gasteiger partial charge in [-0.2, -0.15) is 0 Å². The van der Waals surface area contributed by atoms with Crippen LogP contribution in [-0.4, -0.2) is 22.9 Å². The van der Waals surface area contributed by atoms with Crippen LogP contribution in [0.4, 0.5) is 0 Å². The van der Waals surface area contributed by atoms with Gasteiger partial charge < -0.3 is 10.3 Å². The summed E-state index contributed by atoms with van der Waals surface area (Å²) in [6.07, 6.45) is 2.48. The Balaban J connectivity index is 1.99. The first-order chi connectivity index (χ1) is 7.40. The Kier molecular flexibility index (Phi) is 2.97. The number of rotatable bonds is 5. The van der Waals surface area contributed by atoms with Crippen LogP contribution in [0.2, 0.25) is 0 Å². The first-order valence-corrected chi connectivity index (χ1v) is 5.01. The van der Waals surface area contributed by atoms with Crippen LogP contribution in [0, 0.1) is 0 Å². The number of fused-ring (bicyclic) bond motifs is 1. The van der Waals surface area contributed by atoms with E-state index in [0.29, 0.717) is 6.54 Å². The van der Waals surface area contributed by atoms with Crippen LogP contribution >= 0.6 is 0 Å². The molecule has 78 valence electrons. The molecule has 2 aromatic rings. The molecule has 0 saturated carbocycles. The van der Waals surface area contributed by atoms with E-state index in [4.69, 9.17) is 0 Å². The van der Waals surface area contributed by atoms with E-state index in [9.17, 15) is 4.79 Å². The van der Waals surface area contributed by atoms with Crippen LogP contribution in [0.5, 0.6) is 0 Å². The molecule has 0 fully saturated rings. The number of carbonyl (C=O) groups is 1. The maximum Gasteiger partial charge on any atom is 0.207 e. The van der Waals surface area contributed by atoms with E-state index in [2.05, 4.69) is 15.3 Å². The number of para-hydroxylation sites is 2. The second-order valence-electron chi connectivity index (χ2n) is 3.38. The van der Waals surface area contributed by atoms with Gasteiger partial charge in [-0.25, -0.2) is 4.98 Å². The molecule has 1 aromatic heterocycles. The number of hydrogen-bond acceptors (Lipinski definition) is 2. The Labute approximate surface area is 87.7 Å². The number of amides is 1. The zero-order valence-corrected chi connectivity index (χ0v) is 8.36. The number of H-pyrrole nitrogens is 1. The van der Waals surface area contributed by atoms with E-state index in [0.717, 1.165) is 36.1 Å². The summed E-state index contributed by atoms with van der Waals surface area (Å²) in [5.41, 5.74) is 2.06. The Morgan fingerprint density at radius 1 is 1.40 bits per heavy atom. The van der Waals surface area contributed by atoms with Crippen LogP contribution in [0.25, 0.3) is 11.0 Å². The maximum absolute atomic E-state index is 10.0. The number of benzene rings is 1. The Hall–Kier alpha value is -1.84. The lowest BCUT2D eigenvalue weighted by Gasteiger charge is -1.95. The highest BCUT2D eigenvalue weighted by Gasteiger charge is 2.00. The molecule has 0 radical (unpaired) electrons. The molecule has 2 rings (SSSR count). The molecule has 4 heteroatoms. The topological polar surface area (TPSA) is 57.8 Å². The van der Waals surface area contributed by atoms with Crippen molar-refractivity contribution in [3.8, 4) is 0 Å². The summed E-state index contributed by atoms with van der Waals surface area (Å²) < 4.78 is 0. The average Bonchev–Trinajstić information content (AvgIpc) is 2.67. The molecular formula is C11H13N3O. The predicted octanol–water partition coefficient (Wildman–Crippen LogP) is 1.24. The van der Waals surface area contributed by atoms with Crippen molar-refractivity contribution in [2.45, 2.75) is 12.8 Å². The third-order valence-electron chi connectivity index (χ3n) is 2.26. The van der Waals surface area contributed by atoms with Crippen LogP contribution in [0.3, 0.4) is 0 Å². The van der Waals surface area contributed by atoms with Gasteiger partial charge in [0.2, 0.25) is 6.41 Å². The zero-order chi connectivity index (χ0) is 10.5. The van der Waals surface area contributed by atoms with Crippen molar-refractivity contribution in [2.75, 3.05) is 6.54 Å². The lowest BCUT2D eigenvalue weighted by Crippen LogP contribution is -2.12. The maximum atomic E-state index is 10.0. The fourth-order valence-corrected chi connectivity index (χ4v) is 1.54. The van der Waals surface area contributed by atoms with Crippen molar-refractivity contribution >= 4 is 17.4 Å². The molecule has 1 aromatic carbocycles. The van der Waals surface area contributed by atoms with E-state index >= 15 is 0 Å². The number of imidazole rings is 1. The highest BCUT2D eigenvalue weighted by Crippen LogP contribution is 2.10. The molecule has 15 heavy (non-hydrogen) atoms. The molecule has 0 saturated heterocycles. The van der Waals surface area contributed by atoms with Crippen molar-refractivity contribution in [3.63, 3.8) is 0 Å². The highest BCUT2D eigenvalue weighted by molar-refractivity contribution is 5.74. The largest absolute Gasteiger partial charge is 0.359 e. The van der Waals surface area contributed by atoms with E-state index < -0.39 is 0 Å². The predicted molar refractivity (Wildman–Crippen MR) is 58.5 cm³/mol. The van der Waals surface area contributed by atoms with Gasteiger partial charge >= 0.3 is 0 Å². The van der Waals surface area contributed by atoms with Crippen LogP contribution in [0.1, 0.15) is 12.2 Å². The molecule has 0 aliphatic heterocycles. The van der Waals surface area contributed by atoms with Crippen molar-refractivity contribution in [2.24, 2.45) is 0 Å². The van der Waals surface area contributed by atoms with Crippen LogP contribution < -0.4 is 5.32 Å². The summed E-state index contributed by atoms with van der Waals surface area (Å²) >= 11 is 0. The molecule has 0 unspecified atom stereocenters. The fourth-order valence-electron chi connectivity index (χ4n) is 1.54. The molecule has 2 N–H and O–H groups in total. The summed E-state index contributed by atoms with van der Waals surface area (Å²) in [7, 11) is 0. The second kappa shape index (κ2) is 4.59. The standard InChI is InChI=1S/C11H13N3O/c15-8-12-7-3-6-11-13-9-4-1-2-5-10(9)14-11/h1-2,4-5,8H,3,6-7H2,(H,12,15)(H,13,14). The molecule has 0 atom stereocenters. The third kappa shape index (κ3) is 2.34. The quantitative estimate of drug-likeness (QED) is 0.567. The molecule has 0 bridgehead atoms. The van der Waals surface area contributed by atoms with Gasteiger partial charge in [-0.3, -0.25) is 4.79 Å². The fraction of sp³-hybridized carbons (Fsp3) is 0.273. The van der Waals surface area contributed by atoms with E-state index in [1.165, 1.54) is 0 Å². The van der Waals surface area contributed by atoms with Gasteiger partial charge in [0.1, 0.15) is 5.82 Å². The molecular weight excluding hydrogens is 190 g/mol. The summed E-state index contributed by atoms with van der Waals surface area (Å²) in [5.74, 6) is 0.976. The van der Waals surface area contributed by atoms with Gasteiger partial charge in [0.25, 0.3) is 0 Å². The first kappa shape index (κ1) is 9.71. The van der Waals surface area contributed by atoms with Gasteiger partial charge in [-0.05, 0) is 18.6 Å². The minimum atomic E-state index is 0.695. The summed E-state index contributed by atoms with van der Waals surface area (Å²) in [5, 5.41) is 2.63. The minimum absolute atomic E-state index is 0.695. The number of nitrogens with zero attached hydrogens (tertiary/aromatic N) is 1. The van der Waals surface area contributed by atoms with Crippen LogP contribution in [-0.2, 0) is 11.2 Å². The number of hydrogen-bond donors (Lipinski definition) is 2. The number of aromatic amines is 1. The van der Waals surface area contributed by atoms with E-state index in [1.54, 1.807) is 0 Å². The molecule has 0 aliphatic carbocycles. The second-order valence-corrected chi connectivity index (χ2v) is 3.38. The van der Waals surface area contributed by atoms with Crippen molar-refractivity contribution in [1.29, 1.82) is 0 Å². The number of aryl methyl sites for hydroxylation is 1. The van der Waals surface area contributed by atoms with Gasteiger partial charge in [0, 0.05) is 13.0 Å². The highest BCUT2D eigenvalue weighted by atomic mass is 16.1. The molecule has 0 spiro atoms. The average molecular weight is 203 g/mol. The van der Waals surface area contributed by atoms with Gasteiger partial charge in [0.05, 0.1) is 11.0 Å². The number of carbonyl (C=O) groups excluding carboxylic acids is 1. The van der Waals surface area contributed by atoms with E-state index in [-0.39, 0.29) is 0 Å². The van der Waals surface area contributed by atoms with Crippen molar-refractivity contribution < 1.29 is 4.79 Å². The lowest BCUT2D eigenvalue weighted by atomic mass is 10.3. The zero-order valence-electron chi connectivity index (χ0n) is 8.36. The summed E-state index contributed by atoms with van der Waals surface area (Å²) in [6, 6.07) is 7.95. The molecule has 1 amide bonds. The summed E-state index contributed by atoms with van der Waals surface area (Å²) in [6.45, 7) is 0.695.